The van der Waals surface area contributed by atoms with E-state index in [1.165, 1.54) is 7.11 Å². The Morgan fingerprint density at radius 1 is 0.784 bits per heavy atom. The van der Waals surface area contributed by atoms with E-state index in [4.69, 9.17) is 4.74 Å². The van der Waals surface area contributed by atoms with E-state index in [2.05, 4.69) is 15.4 Å². The molecule has 0 spiro atoms. The third-order valence-corrected chi connectivity index (χ3v) is 7.10. The second-order valence-electron chi connectivity index (χ2n) is 8.47. The molecule has 0 fully saturated rings. The molecule has 0 aliphatic carbocycles. The summed E-state index contributed by atoms with van der Waals surface area (Å²) in [6.07, 6.45) is 0. The highest BCUT2D eigenvalue weighted by molar-refractivity contribution is 7.92. The van der Waals surface area contributed by atoms with Crippen molar-refractivity contribution in [2.75, 3.05) is 30.2 Å². The Hall–Kier alpha value is -4.30. The fraction of sp³-hybridized carbons (Fsp3) is 0.138. The molecule has 0 aromatic heterocycles. The van der Waals surface area contributed by atoms with Crippen LogP contribution < -0.4 is 20.1 Å². The number of nitrogens with one attached hydrogen (secondary N) is 3. The predicted octanol–water partition coefficient (Wildman–Crippen LogP) is 5.31. The van der Waals surface area contributed by atoms with Gasteiger partial charge in [-0.2, -0.15) is 0 Å². The topological polar surface area (TPSA) is 96.5 Å². The molecule has 4 aromatic rings. The summed E-state index contributed by atoms with van der Waals surface area (Å²) in [5.41, 5.74) is 4.43. The lowest BCUT2D eigenvalue weighted by Crippen LogP contribution is -2.28. The van der Waals surface area contributed by atoms with Crippen molar-refractivity contribution in [1.82, 2.24) is 5.32 Å². The molecule has 0 radical (unpaired) electrons. The average Bonchev–Trinajstić information content (AvgIpc) is 2.91. The molecule has 0 aliphatic heterocycles. The molecule has 0 unspecified atom stereocenters. The van der Waals surface area contributed by atoms with Gasteiger partial charge in [-0.15, -0.1) is 0 Å². The van der Waals surface area contributed by atoms with Crippen molar-refractivity contribution in [3.8, 4) is 16.9 Å². The van der Waals surface area contributed by atoms with E-state index in [0.29, 0.717) is 24.3 Å². The quantitative estimate of drug-likeness (QED) is 0.249. The highest BCUT2D eigenvalue weighted by Gasteiger charge is 2.21. The number of hydrogen-bond acceptors (Lipinski definition) is 5. The first kappa shape index (κ1) is 25.8. The molecule has 0 saturated heterocycles. The van der Waals surface area contributed by atoms with Crippen LogP contribution in [0.15, 0.2) is 102 Å². The van der Waals surface area contributed by atoms with Crippen molar-refractivity contribution in [3.63, 3.8) is 0 Å². The van der Waals surface area contributed by atoms with Crippen LogP contribution in [0.5, 0.6) is 5.75 Å². The maximum atomic E-state index is 13.3. The lowest BCUT2D eigenvalue weighted by molar-refractivity contribution is 0.0955. The molecular weight excluding hydrogens is 486 g/mol. The number of sulfonamides is 1. The fourth-order valence-corrected chi connectivity index (χ4v) is 5.12. The van der Waals surface area contributed by atoms with Gasteiger partial charge in [-0.25, -0.2) is 8.42 Å². The molecule has 3 N–H and O–H groups in total. The zero-order valence-corrected chi connectivity index (χ0v) is 21.5. The number of aryl methyl sites for hydroxylation is 1. The van der Waals surface area contributed by atoms with Gasteiger partial charge in [-0.1, -0.05) is 60.2 Å². The Bertz CT molecular complexity index is 1490. The van der Waals surface area contributed by atoms with Crippen LogP contribution in [0.4, 0.5) is 11.4 Å². The zero-order chi connectivity index (χ0) is 26.3. The van der Waals surface area contributed by atoms with Crippen molar-refractivity contribution < 1.29 is 17.9 Å². The van der Waals surface area contributed by atoms with Crippen molar-refractivity contribution in [1.29, 1.82) is 0 Å². The molecule has 0 aliphatic rings. The van der Waals surface area contributed by atoms with Crippen LogP contribution in [0.1, 0.15) is 15.9 Å². The van der Waals surface area contributed by atoms with Gasteiger partial charge in [0, 0.05) is 24.3 Å². The van der Waals surface area contributed by atoms with Gasteiger partial charge in [0.2, 0.25) is 0 Å². The second-order valence-corrected chi connectivity index (χ2v) is 10.1. The lowest BCUT2D eigenvalue weighted by Gasteiger charge is -2.14. The van der Waals surface area contributed by atoms with E-state index in [9.17, 15) is 13.2 Å². The Morgan fingerprint density at radius 2 is 1.54 bits per heavy atom. The standard InChI is InChI=1S/C29H29N3O4S/c1-21-8-6-11-24(18-21)29(33)31-17-16-30-25-12-7-13-26(20-25)32-37(34,35)28-19-23(14-15-27(28)36-2)22-9-4-3-5-10-22/h3-15,18-20,30,32H,16-17H2,1-2H3,(H,31,33). The van der Waals surface area contributed by atoms with E-state index in [1.807, 2.05) is 67.6 Å². The van der Waals surface area contributed by atoms with Crippen LogP contribution in [0.25, 0.3) is 11.1 Å². The molecule has 0 bridgehead atoms. The Kier molecular flexibility index (Phi) is 8.10. The molecule has 0 saturated carbocycles. The van der Waals surface area contributed by atoms with Crippen LogP contribution >= 0.6 is 0 Å². The van der Waals surface area contributed by atoms with E-state index in [1.54, 1.807) is 36.4 Å². The van der Waals surface area contributed by atoms with Gasteiger partial charge in [-0.3, -0.25) is 9.52 Å². The lowest BCUT2D eigenvalue weighted by atomic mass is 10.1. The third-order valence-electron chi connectivity index (χ3n) is 5.69. The first-order chi connectivity index (χ1) is 17.9. The highest BCUT2D eigenvalue weighted by Crippen LogP contribution is 2.31. The molecule has 4 rings (SSSR count). The minimum atomic E-state index is -3.93. The summed E-state index contributed by atoms with van der Waals surface area (Å²) in [7, 11) is -2.49. The number of benzene rings is 4. The molecule has 190 valence electrons. The minimum Gasteiger partial charge on any atom is -0.495 e. The van der Waals surface area contributed by atoms with Crippen molar-refractivity contribution >= 4 is 27.3 Å². The number of methoxy groups -OCH3 is 1. The van der Waals surface area contributed by atoms with Gasteiger partial charge in [0.05, 0.1) is 12.8 Å². The van der Waals surface area contributed by atoms with E-state index < -0.39 is 10.0 Å². The van der Waals surface area contributed by atoms with E-state index in [0.717, 1.165) is 22.4 Å². The second kappa shape index (κ2) is 11.6. The number of carbonyl (C=O) groups is 1. The number of amides is 1. The number of ether oxygens (including phenoxy) is 1. The number of carbonyl (C=O) groups excluding carboxylic acids is 1. The minimum absolute atomic E-state index is 0.0496. The molecule has 8 heteroatoms. The summed E-state index contributed by atoms with van der Waals surface area (Å²) >= 11 is 0. The van der Waals surface area contributed by atoms with Crippen LogP contribution in [0.2, 0.25) is 0 Å². The summed E-state index contributed by atoms with van der Waals surface area (Å²) in [6, 6.07) is 29.0. The van der Waals surface area contributed by atoms with Crippen molar-refractivity contribution in [2.45, 2.75) is 11.8 Å². The summed E-state index contributed by atoms with van der Waals surface area (Å²) in [6.45, 7) is 2.82. The Labute approximate surface area is 217 Å². The molecule has 4 aromatic carbocycles. The normalized spacial score (nSPS) is 11.0. The highest BCUT2D eigenvalue weighted by atomic mass is 32.2. The number of hydrogen-bond donors (Lipinski definition) is 3. The summed E-state index contributed by atoms with van der Waals surface area (Å²) in [5, 5.41) is 6.08. The maximum absolute atomic E-state index is 13.3. The maximum Gasteiger partial charge on any atom is 0.265 e. The third kappa shape index (κ3) is 6.68. The predicted molar refractivity (Wildman–Crippen MR) is 148 cm³/mol. The smallest absolute Gasteiger partial charge is 0.265 e. The molecule has 0 heterocycles. The van der Waals surface area contributed by atoms with E-state index in [-0.39, 0.29) is 16.6 Å². The van der Waals surface area contributed by atoms with E-state index >= 15 is 0 Å². The first-order valence-corrected chi connectivity index (χ1v) is 13.3. The summed E-state index contributed by atoms with van der Waals surface area (Å²) in [5.74, 6) is 0.115. The van der Waals surface area contributed by atoms with Gasteiger partial charge in [0.25, 0.3) is 15.9 Å². The van der Waals surface area contributed by atoms with Gasteiger partial charge in [-0.05, 0) is 60.5 Å². The van der Waals surface area contributed by atoms with Crippen molar-refractivity contribution in [2.24, 2.45) is 0 Å². The molecule has 7 nitrogen and oxygen atoms in total. The van der Waals surface area contributed by atoms with Crippen LogP contribution in [-0.2, 0) is 10.0 Å². The van der Waals surface area contributed by atoms with Crippen LogP contribution in [0.3, 0.4) is 0 Å². The Balaban J connectivity index is 1.42. The number of rotatable bonds is 10. The van der Waals surface area contributed by atoms with Gasteiger partial charge in [0.15, 0.2) is 0 Å². The van der Waals surface area contributed by atoms with Gasteiger partial charge < -0.3 is 15.4 Å². The van der Waals surface area contributed by atoms with Gasteiger partial charge in [0.1, 0.15) is 10.6 Å². The van der Waals surface area contributed by atoms with Gasteiger partial charge >= 0.3 is 0 Å². The monoisotopic (exact) mass is 515 g/mol. The SMILES string of the molecule is COc1ccc(-c2ccccc2)cc1S(=O)(=O)Nc1cccc(NCCNC(=O)c2cccc(C)c2)c1. The zero-order valence-electron chi connectivity index (χ0n) is 20.7. The molecule has 37 heavy (non-hydrogen) atoms. The van der Waals surface area contributed by atoms with Crippen LogP contribution in [-0.4, -0.2) is 34.5 Å². The largest absolute Gasteiger partial charge is 0.495 e. The molecular formula is C29H29N3O4S. The summed E-state index contributed by atoms with van der Waals surface area (Å²) in [4.78, 5) is 12.3. The van der Waals surface area contributed by atoms with Crippen LogP contribution in [0, 0.1) is 6.92 Å². The van der Waals surface area contributed by atoms with Crippen molar-refractivity contribution in [3.05, 3.63) is 108 Å². The molecule has 0 atom stereocenters. The average molecular weight is 516 g/mol. The number of anilines is 2. The fourth-order valence-electron chi connectivity index (χ4n) is 3.87. The summed E-state index contributed by atoms with van der Waals surface area (Å²) < 4.78 is 34.6. The Morgan fingerprint density at radius 3 is 2.30 bits per heavy atom. The first-order valence-electron chi connectivity index (χ1n) is 11.8. The molecule has 1 amide bonds.